The zero-order valence-corrected chi connectivity index (χ0v) is 16.2. The molecule has 1 heterocycles. The van der Waals surface area contributed by atoms with Crippen LogP contribution in [0.25, 0.3) is 0 Å². The van der Waals surface area contributed by atoms with Crippen LogP contribution in [0.5, 0.6) is 5.75 Å². The van der Waals surface area contributed by atoms with Crippen LogP contribution in [0.1, 0.15) is 38.7 Å². The van der Waals surface area contributed by atoms with Crippen molar-refractivity contribution in [2.75, 3.05) is 20.1 Å². The molecule has 0 bridgehead atoms. The van der Waals surface area contributed by atoms with E-state index in [2.05, 4.69) is 4.74 Å². The summed E-state index contributed by atoms with van der Waals surface area (Å²) in [5, 5.41) is 0. The fourth-order valence-electron chi connectivity index (χ4n) is 3.17. The lowest BCUT2D eigenvalue weighted by molar-refractivity contribution is -0.140. The van der Waals surface area contributed by atoms with Gasteiger partial charge >= 0.3 is 6.61 Å². The molecule has 5 nitrogen and oxygen atoms in total. The predicted molar refractivity (Wildman–Crippen MR) is 98.6 cm³/mol. The Balaban J connectivity index is 1.77. The van der Waals surface area contributed by atoms with Gasteiger partial charge in [0.1, 0.15) is 5.75 Å². The van der Waals surface area contributed by atoms with Gasteiger partial charge in [-0.1, -0.05) is 12.1 Å². The number of carbonyl (C=O) groups is 2. The van der Waals surface area contributed by atoms with E-state index in [1.54, 1.807) is 17.0 Å². The summed E-state index contributed by atoms with van der Waals surface area (Å²) in [6.07, 6.45) is 2.30. The van der Waals surface area contributed by atoms with E-state index in [-0.39, 0.29) is 29.5 Å². The topological polar surface area (TPSA) is 49.9 Å². The molecule has 1 aliphatic rings. The summed E-state index contributed by atoms with van der Waals surface area (Å²) in [7, 11) is 1.82. The van der Waals surface area contributed by atoms with Gasteiger partial charge in [0.2, 0.25) is 11.8 Å². The lowest BCUT2D eigenvalue weighted by Crippen LogP contribution is -2.45. The lowest BCUT2D eigenvalue weighted by Gasteiger charge is -2.34. The summed E-state index contributed by atoms with van der Waals surface area (Å²) in [6, 6.07) is 6.52. The van der Waals surface area contributed by atoms with E-state index >= 15 is 0 Å². The second-order valence-electron chi connectivity index (χ2n) is 7.22. The van der Waals surface area contributed by atoms with Crippen LogP contribution in [0.3, 0.4) is 0 Å². The third kappa shape index (κ3) is 6.19. The molecule has 0 saturated carbocycles. The molecular weight excluding hydrogens is 354 g/mol. The van der Waals surface area contributed by atoms with Gasteiger partial charge in [0.15, 0.2) is 0 Å². The molecule has 2 rings (SSSR count). The molecule has 0 atom stereocenters. The number of amides is 2. The Morgan fingerprint density at radius 3 is 2.30 bits per heavy atom. The summed E-state index contributed by atoms with van der Waals surface area (Å²) in [5.74, 6) is 0.316. The molecule has 0 spiro atoms. The van der Waals surface area contributed by atoms with Crippen LogP contribution in [-0.4, -0.2) is 54.4 Å². The van der Waals surface area contributed by atoms with Crippen LogP contribution in [0, 0.1) is 5.92 Å². The monoisotopic (exact) mass is 382 g/mol. The largest absolute Gasteiger partial charge is 0.435 e. The number of likely N-dealkylation sites (tertiary alicyclic amines) is 1. The van der Waals surface area contributed by atoms with Crippen LogP contribution in [0.2, 0.25) is 0 Å². The van der Waals surface area contributed by atoms with E-state index in [0.717, 1.165) is 5.56 Å². The Kier molecular flexibility index (Phi) is 7.56. The molecular formula is C20H28F2N2O3. The van der Waals surface area contributed by atoms with E-state index < -0.39 is 6.61 Å². The van der Waals surface area contributed by atoms with E-state index in [0.29, 0.717) is 38.8 Å². The molecule has 0 radical (unpaired) electrons. The summed E-state index contributed by atoms with van der Waals surface area (Å²) >= 11 is 0. The summed E-state index contributed by atoms with van der Waals surface area (Å²) in [4.78, 5) is 28.4. The highest BCUT2D eigenvalue weighted by molar-refractivity contribution is 5.80. The number of benzene rings is 1. The maximum atomic E-state index is 12.4. The number of alkyl halides is 2. The first kappa shape index (κ1) is 21.1. The van der Waals surface area contributed by atoms with Crippen LogP contribution in [0.4, 0.5) is 8.78 Å². The minimum absolute atomic E-state index is 0.0103. The third-order valence-corrected chi connectivity index (χ3v) is 5.10. The average Bonchev–Trinajstić information content (AvgIpc) is 2.65. The van der Waals surface area contributed by atoms with Crippen molar-refractivity contribution in [3.63, 3.8) is 0 Å². The SMILES string of the molecule is CC(C)N(C)C(=O)C1CCN(C(=O)CCc2ccc(OC(F)F)cc2)CC1. The minimum Gasteiger partial charge on any atom is -0.435 e. The Bertz CT molecular complexity index is 627. The zero-order chi connectivity index (χ0) is 20.0. The van der Waals surface area contributed by atoms with E-state index in [1.807, 2.05) is 25.8 Å². The van der Waals surface area contributed by atoms with E-state index in [9.17, 15) is 18.4 Å². The summed E-state index contributed by atoms with van der Waals surface area (Å²) in [6.45, 7) is 2.34. The fourth-order valence-corrected chi connectivity index (χ4v) is 3.17. The molecule has 0 N–H and O–H groups in total. The van der Waals surface area contributed by atoms with E-state index in [4.69, 9.17) is 0 Å². The van der Waals surface area contributed by atoms with Crippen LogP contribution >= 0.6 is 0 Å². The Hall–Kier alpha value is -2.18. The number of ether oxygens (including phenoxy) is 1. The maximum Gasteiger partial charge on any atom is 0.387 e. The molecule has 1 aliphatic heterocycles. The first-order valence-electron chi connectivity index (χ1n) is 9.36. The number of piperidine rings is 1. The Labute approximate surface area is 159 Å². The molecule has 1 aromatic carbocycles. The van der Waals surface area contributed by atoms with Crippen LogP contribution in [0.15, 0.2) is 24.3 Å². The van der Waals surface area contributed by atoms with Crippen molar-refractivity contribution >= 4 is 11.8 Å². The summed E-state index contributed by atoms with van der Waals surface area (Å²) in [5.41, 5.74) is 0.897. The predicted octanol–water partition coefficient (Wildman–Crippen LogP) is 3.33. The van der Waals surface area contributed by atoms with Gasteiger partial charge in [-0.15, -0.1) is 0 Å². The van der Waals surface area contributed by atoms with Crippen molar-refractivity contribution in [2.24, 2.45) is 5.92 Å². The van der Waals surface area contributed by atoms with Gasteiger partial charge in [0, 0.05) is 38.5 Å². The Morgan fingerprint density at radius 1 is 1.19 bits per heavy atom. The number of rotatable bonds is 7. The minimum atomic E-state index is -2.84. The highest BCUT2D eigenvalue weighted by Crippen LogP contribution is 2.21. The lowest BCUT2D eigenvalue weighted by atomic mass is 9.94. The van der Waals surface area contributed by atoms with Gasteiger partial charge in [-0.05, 0) is 50.8 Å². The fraction of sp³-hybridized carbons (Fsp3) is 0.600. The first-order chi connectivity index (χ1) is 12.8. The third-order valence-electron chi connectivity index (χ3n) is 5.10. The molecule has 1 saturated heterocycles. The number of nitrogens with zero attached hydrogens (tertiary/aromatic N) is 2. The van der Waals surface area contributed by atoms with Crippen molar-refractivity contribution < 1.29 is 23.1 Å². The van der Waals surface area contributed by atoms with Crippen LogP contribution < -0.4 is 4.74 Å². The molecule has 1 aromatic rings. The van der Waals surface area contributed by atoms with Gasteiger partial charge in [0.25, 0.3) is 0 Å². The first-order valence-corrected chi connectivity index (χ1v) is 9.36. The number of carbonyl (C=O) groups excluding carboxylic acids is 2. The van der Waals surface area contributed by atoms with Crippen molar-refractivity contribution in [3.05, 3.63) is 29.8 Å². The van der Waals surface area contributed by atoms with E-state index in [1.165, 1.54) is 12.1 Å². The number of aryl methyl sites for hydroxylation is 1. The molecule has 150 valence electrons. The number of halogens is 2. The molecule has 0 unspecified atom stereocenters. The molecule has 0 aromatic heterocycles. The molecule has 0 aliphatic carbocycles. The second-order valence-corrected chi connectivity index (χ2v) is 7.22. The van der Waals surface area contributed by atoms with Crippen molar-refractivity contribution in [1.29, 1.82) is 0 Å². The maximum absolute atomic E-state index is 12.4. The van der Waals surface area contributed by atoms with Gasteiger partial charge in [0.05, 0.1) is 0 Å². The highest BCUT2D eigenvalue weighted by Gasteiger charge is 2.29. The summed E-state index contributed by atoms with van der Waals surface area (Å²) < 4.78 is 28.6. The number of hydrogen-bond acceptors (Lipinski definition) is 3. The zero-order valence-electron chi connectivity index (χ0n) is 16.2. The quantitative estimate of drug-likeness (QED) is 0.727. The molecule has 1 fully saturated rings. The number of hydrogen-bond donors (Lipinski definition) is 0. The standard InChI is InChI=1S/C20H28F2N2O3/c1-14(2)23(3)19(26)16-10-12-24(13-11-16)18(25)9-6-15-4-7-17(8-5-15)27-20(21)22/h4-5,7-8,14,16,20H,6,9-13H2,1-3H3. The highest BCUT2D eigenvalue weighted by atomic mass is 19.3. The van der Waals surface area contributed by atoms with Crippen molar-refractivity contribution in [2.45, 2.75) is 52.2 Å². The normalized spacial score (nSPS) is 15.3. The van der Waals surface area contributed by atoms with Gasteiger partial charge < -0.3 is 14.5 Å². The average molecular weight is 382 g/mol. The van der Waals surface area contributed by atoms with Gasteiger partial charge in [-0.25, -0.2) is 0 Å². The second kappa shape index (κ2) is 9.67. The smallest absolute Gasteiger partial charge is 0.387 e. The van der Waals surface area contributed by atoms with Crippen molar-refractivity contribution in [3.8, 4) is 5.75 Å². The molecule has 7 heteroatoms. The van der Waals surface area contributed by atoms with Crippen molar-refractivity contribution in [1.82, 2.24) is 9.80 Å². The van der Waals surface area contributed by atoms with Gasteiger partial charge in [-0.3, -0.25) is 9.59 Å². The van der Waals surface area contributed by atoms with Crippen LogP contribution in [-0.2, 0) is 16.0 Å². The molecule has 2 amide bonds. The molecule has 27 heavy (non-hydrogen) atoms. The van der Waals surface area contributed by atoms with Gasteiger partial charge in [-0.2, -0.15) is 8.78 Å². The Morgan fingerprint density at radius 2 is 1.78 bits per heavy atom.